The van der Waals surface area contributed by atoms with Crippen molar-refractivity contribution in [2.45, 2.75) is 25.8 Å². The van der Waals surface area contributed by atoms with Crippen LogP contribution < -0.4 is 20.7 Å². The van der Waals surface area contributed by atoms with Crippen LogP contribution in [0.4, 0.5) is 17.5 Å². The van der Waals surface area contributed by atoms with E-state index in [1.54, 1.807) is 7.11 Å². The standard InChI is InChI=1S/C20H25N7O/c1-13-9-19(21-2)26-20(24-13)25-15-6-7-18(28-3)17(10-15)27-12-14(11-23-27)16-5-4-8-22-16/h6-7,9-12,16,22H,4-5,8H2,1-3H3,(H2,21,24,25,26)/t16-/m0/s1. The molecule has 3 N–H and O–H groups in total. The Hall–Kier alpha value is -3.13. The normalized spacial score (nSPS) is 16.2. The third-order valence-electron chi connectivity index (χ3n) is 4.86. The SMILES string of the molecule is CNc1cc(C)nc(Nc2ccc(OC)c(-n3cc([C@@H]4CCCN4)cn3)c2)n1. The fraction of sp³-hybridized carbons (Fsp3) is 0.350. The van der Waals surface area contributed by atoms with E-state index in [9.17, 15) is 0 Å². The van der Waals surface area contributed by atoms with Gasteiger partial charge >= 0.3 is 0 Å². The molecule has 146 valence electrons. The molecule has 1 aliphatic rings. The summed E-state index contributed by atoms with van der Waals surface area (Å²) in [7, 11) is 3.50. The fourth-order valence-electron chi connectivity index (χ4n) is 3.45. The molecule has 0 aliphatic carbocycles. The molecular weight excluding hydrogens is 354 g/mol. The third kappa shape index (κ3) is 3.77. The predicted octanol–water partition coefficient (Wildman–Crippen LogP) is 3.19. The van der Waals surface area contributed by atoms with Crippen LogP contribution in [0.3, 0.4) is 0 Å². The number of nitrogens with one attached hydrogen (secondary N) is 3. The molecule has 28 heavy (non-hydrogen) atoms. The first kappa shape index (κ1) is 18.2. The molecule has 1 fully saturated rings. The lowest BCUT2D eigenvalue weighted by Gasteiger charge is -2.13. The summed E-state index contributed by atoms with van der Waals surface area (Å²) in [4.78, 5) is 8.91. The highest BCUT2D eigenvalue weighted by Crippen LogP contribution is 2.29. The van der Waals surface area contributed by atoms with Gasteiger partial charge in [0.05, 0.1) is 13.3 Å². The summed E-state index contributed by atoms with van der Waals surface area (Å²) in [6.45, 7) is 3.00. The molecule has 0 bridgehead atoms. The van der Waals surface area contributed by atoms with Crippen LogP contribution in [-0.2, 0) is 0 Å². The predicted molar refractivity (Wildman–Crippen MR) is 110 cm³/mol. The van der Waals surface area contributed by atoms with E-state index >= 15 is 0 Å². The van der Waals surface area contributed by atoms with E-state index in [-0.39, 0.29) is 0 Å². The molecule has 4 rings (SSSR count). The van der Waals surface area contributed by atoms with Gasteiger partial charge in [0, 0.05) is 42.3 Å². The maximum atomic E-state index is 5.55. The largest absolute Gasteiger partial charge is 0.494 e. The lowest BCUT2D eigenvalue weighted by molar-refractivity contribution is 0.412. The second-order valence-electron chi connectivity index (χ2n) is 6.85. The minimum atomic E-state index is 0.377. The highest BCUT2D eigenvalue weighted by Gasteiger charge is 2.19. The van der Waals surface area contributed by atoms with E-state index in [0.29, 0.717) is 12.0 Å². The van der Waals surface area contributed by atoms with Crippen LogP contribution in [0, 0.1) is 6.92 Å². The summed E-state index contributed by atoms with van der Waals surface area (Å²) in [6, 6.07) is 8.12. The minimum Gasteiger partial charge on any atom is -0.494 e. The van der Waals surface area contributed by atoms with Crippen LogP contribution in [0.25, 0.3) is 5.69 Å². The van der Waals surface area contributed by atoms with Gasteiger partial charge in [-0.3, -0.25) is 0 Å². The number of methoxy groups -OCH3 is 1. The molecule has 0 amide bonds. The number of ether oxygens (including phenoxy) is 1. The smallest absolute Gasteiger partial charge is 0.229 e. The van der Waals surface area contributed by atoms with Crippen LogP contribution in [0.1, 0.15) is 30.1 Å². The van der Waals surface area contributed by atoms with Crippen LogP contribution in [0.2, 0.25) is 0 Å². The van der Waals surface area contributed by atoms with Crippen molar-refractivity contribution in [3.8, 4) is 11.4 Å². The number of hydrogen-bond donors (Lipinski definition) is 3. The first-order valence-corrected chi connectivity index (χ1v) is 9.43. The molecule has 2 aromatic heterocycles. The zero-order valence-corrected chi connectivity index (χ0v) is 16.4. The Morgan fingerprint density at radius 3 is 2.89 bits per heavy atom. The Labute approximate surface area is 164 Å². The van der Waals surface area contributed by atoms with Gasteiger partial charge in [-0.2, -0.15) is 10.1 Å². The van der Waals surface area contributed by atoms with E-state index < -0.39 is 0 Å². The molecule has 1 aromatic carbocycles. The number of benzene rings is 1. The van der Waals surface area contributed by atoms with Crippen LogP contribution in [-0.4, -0.2) is 40.5 Å². The Balaban J connectivity index is 1.64. The number of hydrogen-bond acceptors (Lipinski definition) is 7. The number of rotatable bonds is 6. The van der Waals surface area contributed by atoms with Gasteiger partial charge < -0.3 is 20.7 Å². The van der Waals surface area contributed by atoms with Crippen molar-refractivity contribution in [2.75, 3.05) is 31.3 Å². The maximum absolute atomic E-state index is 5.55. The molecule has 1 atom stereocenters. The van der Waals surface area contributed by atoms with Crippen molar-refractivity contribution in [2.24, 2.45) is 0 Å². The van der Waals surface area contributed by atoms with E-state index in [4.69, 9.17) is 4.74 Å². The number of anilines is 3. The first-order chi connectivity index (χ1) is 13.7. The zero-order valence-electron chi connectivity index (χ0n) is 16.4. The summed E-state index contributed by atoms with van der Waals surface area (Å²) in [5.41, 5.74) is 3.80. The maximum Gasteiger partial charge on any atom is 0.229 e. The Morgan fingerprint density at radius 1 is 1.25 bits per heavy atom. The summed E-state index contributed by atoms with van der Waals surface area (Å²) in [5, 5.41) is 14.4. The molecular formula is C20H25N7O. The van der Waals surface area contributed by atoms with E-state index in [0.717, 1.165) is 41.6 Å². The molecule has 8 heteroatoms. The molecule has 0 spiro atoms. The van der Waals surface area contributed by atoms with Crippen molar-refractivity contribution < 1.29 is 4.74 Å². The monoisotopic (exact) mass is 379 g/mol. The number of aromatic nitrogens is 4. The van der Waals surface area contributed by atoms with Gasteiger partial charge in [-0.15, -0.1) is 0 Å². The number of aryl methyl sites for hydroxylation is 1. The summed E-state index contributed by atoms with van der Waals surface area (Å²) in [5.74, 6) is 2.06. The minimum absolute atomic E-state index is 0.377. The van der Waals surface area contributed by atoms with Crippen LogP contribution in [0.5, 0.6) is 5.75 Å². The molecule has 1 saturated heterocycles. The van der Waals surface area contributed by atoms with Crippen molar-refractivity contribution in [3.05, 3.63) is 47.9 Å². The van der Waals surface area contributed by atoms with Crippen molar-refractivity contribution in [1.29, 1.82) is 0 Å². The molecule has 0 unspecified atom stereocenters. The topological polar surface area (TPSA) is 88.9 Å². The van der Waals surface area contributed by atoms with Gasteiger partial charge in [0.15, 0.2) is 0 Å². The van der Waals surface area contributed by atoms with Gasteiger partial charge in [-0.25, -0.2) is 9.67 Å². The third-order valence-corrected chi connectivity index (χ3v) is 4.86. The first-order valence-electron chi connectivity index (χ1n) is 9.43. The molecule has 3 heterocycles. The van der Waals surface area contributed by atoms with Gasteiger partial charge in [-0.1, -0.05) is 0 Å². The zero-order chi connectivity index (χ0) is 19.5. The lowest BCUT2D eigenvalue weighted by atomic mass is 10.1. The van der Waals surface area contributed by atoms with Gasteiger partial charge in [0.2, 0.25) is 5.95 Å². The van der Waals surface area contributed by atoms with Crippen molar-refractivity contribution in [3.63, 3.8) is 0 Å². The van der Waals surface area contributed by atoms with Crippen LogP contribution >= 0.6 is 0 Å². The molecule has 3 aromatic rings. The summed E-state index contributed by atoms with van der Waals surface area (Å²) >= 11 is 0. The average molecular weight is 379 g/mol. The van der Waals surface area contributed by atoms with Crippen molar-refractivity contribution >= 4 is 17.5 Å². The number of nitrogens with zero attached hydrogens (tertiary/aromatic N) is 4. The molecule has 1 aliphatic heterocycles. The molecule has 0 saturated carbocycles. The Kier molecular flexibility index (Phi) is 5.12. The second-order valence-corrected chi connectivity index (χ2v) is 6.85. The molecule has 0 radical (unpaired) electrons. The quantitative estimate of drug-likeness (QED) is 0.606. The van der Waals surface area contributed by atoms with E-state index in [1.807, 2.05) is 49.1 Å². The Bertz CT molecular complexity index is 963. The Morgan fingerprint density at radius 2 is 2.14 bits per heavy atom. The second kappa shape index (κ2) is 7.85. The van der Waals surface area contributed by atoms with Gasteiger partial charge in [0.1, 0.15) is 17.3 Å². The van der Waals surface area contributed by atoms with Crippen LogP contribution in [0.15, 0.2) is 36.7 Å². The van der Waals surface area contributed by atoms with Gasteiger partial charge in [0.25, 0.3) is 0 Å². The van der Waals surface area contributed by atoms with Crippen molar-refractivity contribution in [1.82, 2.24) is 25.1 Å². The summed E-state index contributed by atoms with van der Waals surface area (Å²) < 4.78 is 7.41. The van der Waals surface area contributed by atoms with E-state index in [1.165, 1.54) is 12.0 Å². The molecule has 8 nitrogen and oxygen atoms in total. The average Bonchev–Trinajstić information content (AvgIpc) is 3.39. The summed E-state index contributed by atoms with van der Waals surface area (Å²) in [6.07, 6.45) is 6.32. The highest BCUT2D eigenvalue weighted by molar-refractivity contribution is 5.63. The highest BCUT2D eigenvalue weighted by atomic mass is 16.5. The van der Waals surface area contributed by atoms with Gasteiger partial charge in [-0.05, 0) is 44.5 Å². The van der Waals surface area contributed by atoms with E-state index in [2.05, 4.69) is 37.2 Å². The fourth-order valence-corrected chi connectivity index (χ4v) is 3.45. The lowest BCUT2D eigenvalue weighted by Crippen LogP contribution is -2.12.